The predicted molar refractivity (Wildman–Crippen MR) is 54.4 cm³/mol. The minimum Gasteiger partial charge on any atom is -0.428 e. The number of para-hydroxylation sites is 1. The van der Waals surface area contributed by atoms with Gasteiger partial charge in [0.2, 0.25) is 6.10 Å². The summed E-state index contributed by atoms with van der Waals surface area (Å²) >= 11 is 0. The molecule has 2 rings (SSSR count). The number of carbonyl (C=O) groups is 1. The molecule has 1 unspecified atom stereocenters. The first-order valence-electron chi connectivity index (χ1n) is 4.63. The van der Waals surface area contributed by atoms with E-state index in [2.05, 4.69) is 0 Å². The van der Waals surface area contributed by atoms with Crippen LogP contribution in [0.3, 0.4) is 0 Å². The molecule has 5 nitrogen and oxygen atoms in total. The molecule has 1 aromatic rings. The molecule has 0 radical (unpaired) electrons. The van der Waals surface area contributed by atoms with Gasteiger partial charge >= 0.3 is 6.09 Å². The van der Waals surface area contributed by atoms with Crippen LogP contribution in [0.2, 0.25) is 0 Å². The zero-order valence-electron chi connectivity index (χ0n) is 8.25. The maximum atomic E-state index is 11.5. The maximum Gasteiger partial charge on any atom is 0.415 e. The lowest BCUT2D eigenvalue weighted by Gasteiger charge is -2.13. The summed E-state index contributed by atoms with van der Waals surface area (Å²) in [6.07, 6.45) is -1.35. The summed E-state index contributed by atoms with van der Waals surface area (Å²) in [6, 6.07) is 10.6. The minimum absolute atomic E-state index is 0.161. The van der Waals surface area contributed by atoms with Gasteiger partial charge in [-0.15, -0.1) is 0 Å². The molecule has 1 amide bonds. The predicted octanol–water partition coefficient (Wildman–Crippen LogP) is 1.41. The van der Waals surface area contributed by atoms with Gasteiger partial charge in [0.05, 0.1) is 17.8 Å². The Labute approximate surface area is 92.1 Å². The number of benzene rings is 1. The van der Waals surface area contributed by atoms with E-state index in [9.17, 15) is 4.79 Å². The first-order valence-corrected chi connectivity index (χ1v) is 4.63. The third kappa shape index (κ3) is 1.55. The largest absolute Gasteiger partial charge is 0.428 e. The highest BCUT2D eigenvalue weighted by Crippen LogP contribution is 2.24. The van der Waals surface area contributed by atoms with E-state index in [1.165, 1.54) is 4.90 Å². The highest BCUT2D eigenvalue weighted by molar-refractivity contribution is 5.91. The molecule has 5 heteroatoms. The fourth-order valence-electron chi connectivity index (χ4n) is 1.53. The van der Waals surface area contributed by atoms with Crippen molar-refractivity contribution < 1.29 is 9.53 Å². The van der Waals surface area contributed by atoms with Crippen molar-refractivity contribution in [2.24, 2.45) is 0 Å². The smallest absolute Gasteiger partial charge is 0.415 e. The second-order valence-electron chi connectivity index (χ2n) is 3.24. The maximum absolute atomic E-state index is 11.5. The van der Waals surface area contributed by atoms with Gasteiger partial charge in [0.1, 0.15) is 12.1 Å². The quantitative estimate of drug-likeness (QED) is 0.706. The van der Waals surface area contributed by atoms with Gasteiger partial charge in [-0.25, -0.2) is 4.79 Å². The molecule has 0 bridgehead atoms. The summed E-state index contributed by atoms with van der Waals surface area (Å²) in [5.41, 5.74) is 0.866. The second-order valence-corrected chi connectivity index (χ2v) is 3.24. The van der Waals surface area contributed by atoms with E-state index in [0.717, 1.165) is 0 Å². The zero-order valence-corrected chi connectivity index (χ0v) is 8.25. The van der Waals surface area contributed by atoms with E-state index in [1.54, 1.807) is 24.3 Å². The molecule has 1 aromatic carbocycles. The van der Waals surface area contributed by atoms with E-state index in [4.69, 9.17) is 15.3 Å². The van der Waals surface area contributed by atoms with Gasteiger partial charge in [-0.2, -0.15) is 10.5 Å². The Morgan fingerprint density at radius 2 is 2.12 bits per heavy atom. The highest BCUT2D eigenvalue weighted by Gasteiger charge is 2.33. The number of hydrogen-bond donors (Lipinski definition) is 0. The second kappa shape index (κ2) is 3.92. The summed E-state index contributed by atoms with van der Waals surface area (Å²) < 4.78 is 4.79. The van der Waals surface area contributed by atoms with Crippen molar-refractivity contribution in [3.8, 4) is 12.1 Å². The van der Waals surface area contributed by atoms with Gasteiger partial charge in [-0.3, -0.25) is 4.90 Å². The van der Waals surface area contributed by atoms with Gasteiger partial charge < -0.3 is 4.74 Å². The summed E-state index contributed by atoms with van der Waals surface area (Å²) in [6.45, 7) is 0.161. The molecular formula is C11H7N3O2. The van der Waals surface area contributed by atoms with Crippen molar-refractivity contribution in [3.63, 3.8) is 0 Å². The number of nitrogens with zero attached hydrogens (tertiary/aromatic N) is 3. The SMILES string of the molecule is N#Cc1ccccc1N1CC(C#N)OC1=O. The van der Waals surface area contributed by atoms with Crippen molar-refractivity contribution in [1.82, 2.24) is 0 Å². The van der Waals surface area contributed by atoms with Gasteiger partial charge in [0.15, 0.2) is 0 Å². The standard InChI is InChI=1S/C11H7N3O2/c12-5-8-3-1-2-4-10(8)14-7-9(6-13)16-11(14)15/h1-4,9H,7H2. The lowest BCUT2D eigenvalue weighted by atomic mass is 10.2. The van der Waals surface area contributed by atoms with E-state index < -0.39 is 12.2 Å². The topological polar surface area (TPSA) is 77.1 Å². The molecule has 0 spiro atoms. The number of rotatable bonds is 1. The monoisotopic (exact) mass is 213 g/mol. The van der Waals surface area contributed by atoms with Crippen LogP contribution in [0.25, 0.3) is 0 Å². The van der Waals surface area contributed by atoms with E-state index in [0.29, 0.717) is 11.3 Å². The number of anilines is 1. The van der Waals surface area contributed by atoms with Gasteiger partial charge in [0.25, 0.3) is 0 Å². The van der Waals surface area contributed by atoms with E-state index in [-0.39, 0.29) is 6.54 Å². The molecule has 1 heterocycles. The molecule has 0 saturated carbocycles. The van der Waals surface area contributed by atoms with Crippen LogP contribution in [-0.4, -0.2) is 18.7 Å². The number of hydrogen-bond acceptors (Lipinski definition) is 4. The normalized spacial score (nSPS) is 18.8. The average Bonchev–Trinajstić information content (AvgIpc) is 2.70. The molecular weight excluding hydrogens is 206 g/mol. The van der Waals surface area contributed by atoms with E-state index >= 15 is 0 Å². The molecule has 0 aromatic heterocycles. The lowest BCUT2D eigenvalue weighted by molar-refractivity contribution is 0.162. The Kier molecular flexibility index (Phi) is 2.45. The Morgan fingerprint density at radius 1 is 1.38 bits per heavy atom. The Hall–Kier alpha value is -2.53. The summed E-state index contributed by atoms with van der Waals surface area (Å²) in [7, 11) is 0. The van der Waals surface area contributed by atoms with Gasteiger partial charge in [-0.05, 0) is 12.1 Å². The van der Waals surface area contributed by atoms with Crippen LogP contribution in [0, 0.1) is 22.7 Å². The van der Waals surface area contributed by atoms with Crippen molar-refractivity contribution in [2.75, 3.05) is 11.4 Å². The van der Waals surface area contributed by atoms with Crippen molar-refractivity contribution >= 4 is 11.8 Å². The van der Waals surface area contributed by atoms with Crippen LogP contribution in [0.4, 0.5) is 10.5 Å². The number of cyclic esters (lactones) is 1. The molecule has 78 valence electrons. The fraction of sp³-hybridized carbons (Fsp3) is 0.182. The summed E-state index contributed by atoms with van der Waals surface area (Å²) in [4.78, 5) is 12.8. The Bertz CT molecular complexity index is 513. The third-order valence-electron chi connectivity index (χ3n) is 2.27. The highest BCUT2D eigenvalue weighted by atomic mass is 16.6. The van der Waals surface area contributed by atoms with Crippen LogP contribution in [-0.2, 0) is 4.74 Å². The number of amides is 1. The van der Waals surface area contributed by atoms with Crippen LogP contribution < -0.4 is 4.90 Å². The fourth-order valence-corrected chi connectivity index (χ4v) is 1.53. The molecule has 1 fully saturated rings. The molecule has 16 heavy (non-hydrogen) atoms. The molecule has 1 aliphatic rings. The first kappa shape index (κ1) is 10.0. The molecule has 1 atom stereocenters. The Morgan fingerprint density at radius 3 is 2.75 bits per heavy atom. The van der Waals surface area contributed by atoms with Gasteiger partial charge in [-0.1, -0.05) is 12.1 Å². The van der Waals surface area contributed by atoms with Crippen molar-refractivity contribution in [3.05, 3.63) is 29.8 Å². The molecule has 1 aliphatic heterocycles. The minimum atomic E-state index is -0.765. The summed E-state index contributed by atoms with van der Waals surface area (Å²) in [5, 5.41) is 17.6. The molecule has 1 saturated heterocycles. The molecule has 0 N–H and O–H groups in total. The van der Waals surface area contributed by atoms with Crippen LogP contribution in [0.15, 0.2) is 24.3 Å². The zero-order chi connectivity index (χ0) is 11.5. The Balaban J connectivity index is 2.36. The van der Waals surface area contributed by atoms with Crippen molar-refractivity contribution in [1.29, 1.82) is 10.5 Å². The average molecular weight is 213 g/mol. The van der Waals surface area contributed by atoms with Crippen LogP contribution >= 0.6 is 0 Å². The van der Waals surface area contributed by atoms with Gasteiger partial charge in [0, 0.05) is 0 Å². The van der Waals surface area contributed by atoms with Crippen LogP contribution in [0.1, 0.15) is 5.56 Å². The lowest BCUT2D eigenvalue weighted by Crippen LogP contribution is -2.25. The van der Waals surface area contributed by atoms with Crippen LogP contribution in [0.5, 0.6) is 0 Å². The molecule has 0 aliphatic carbocycles. The summed E-state index contributed by atoms with van der Waals surface area (Å²) in [5.74, 6) is 0. The number of carbonyl (C=O) groups excluding carboxylic acids is 1. The third-order valence-corrected chi connectivity index (χ3v) is 2.27. The first-order chi connectivity index (χ1) is 7.76. The number of nitriles is 2. The van der Waals surface area contributed by atoms with E-state index in [1.807, 2.05) is 12.1 Å². The van der Waals surface area contributed by atoms with Crippen molar-refractivity contribution in [2.45, 2.75) is 6.10 Å². The number of ether oxygens (including phenoxy) is 1.